The first-order valence-corrected chi connectivity index (χ1v) is 8.44. The zero-order valence-corrected chi connectivity index (χ0v) is 14.4. The summed E-state index contributed by atoms with van der Waals surface area (Å²) in [7, 11) is 1.67. The van der Waals surface area contributed by atoms with Crippen molar-refractivity contribution in [3.63, 3.8) is 0 Å². The lowest BCUT2D eigenvalue weighted by Gasteiger charge is -2.19. The third kappa shape index (κ3) is 4.38. The average Bonchev–Trinajstić information content (AvgIpc) is 2.87. The van der Waals surface area contributed by atoms with Crippen LogP contribution in [0.3, 0.4) is 0 Å². The fourth-order valence-corrected chi connectivity index (χ4v) is 2.98. The largest absolute Gasteiger partial charge is 0.497 e. The van der Waals surface area contributed by atoms with Crippen molar-refractivity contribution in [1.29, 1.82) is 0 Å². The molecular weight excluding hydrogens is 318 g/mol. The number of carbonyl (C=O) groups excluding carboxylic acids is 1. The number of ether oxygens (including phenoxy) is 2. The molecule has 0 spiro atoms. The highest BCUT2D eigenvalue weighted by molar-refractivity contribution is 5.97. The van der Waals surface area contributed by atoms with E-state index in [9.17, 15) is 4.79 Å². The zero-order chi connectivity index (χ0) is 17.6. The number of rotatable bonds is 6. The highest BCUT2D eigenvalue weighted by Gasteiger charge is 2.17. The molecule has 0 bridgehead atoms. The van der Waals surface area contributed by atoms with Crippen LogP contribution >= 0.6 is 0 Å². The van der Waals surface area contributed by atoms with Crippen LogP contribution < -0.4 is 9.47 Å². The summed E-state index contributed by atoms with van der Waals surface area (Å²) in [4.78, 5) is 14.0. The molecule has 5 heteroatoms. The molecule has 5 nitrogen and oxygen atoms in total. The first-order valence-electron chi connectivity index (χ1n) is 8.44. The number of fused-ring (bicyclic) bond motifs is 1. The Kier molecular flexibility index (Phi) is 5.68. The van der Waals surface area contributed by atoms with Crippen LogP contribution in [0.5, 0.6) is 11.5 Å². The van der Waals surface area contributed by atoms with Crippen LogP contribution in [0.15, 0.2) is 42.5 Å². The lowest BCUT2D eigenvalue weighted by Crippen LogP contribution is -2.28. The van der Waals surface area contributed by atoms with Crippen LogP contribution in [-0.4, -0.2) is 49.2 Å². The normalized spacial score (nSPS) is 14.3. The minimum atomic E-state index is -0.471. The molecule has 0 aromatic heterocycles. The van der Waals surface area contributed by atoms with Gasteiger partial charge >= 0.3 is 0 Å². The summed E-state index contributed by atoms with van der Waals surface area (Å²) in [6, 6.07) is 13.5. The molecule has 1 heterocycles. The Morgan fingerprint density at radius 2 is 2.04 bits per heavy atom. The molecule has 0 saturated carbocycles. The predicted molar refractivity (Wildman–Crippen MR) is 95.3 cm³/mol. The smallest absolute Gasteiger partial charge is 0.188 e. The van der Waals surface area contributed by atoms with Gasteiger partial charge in [-0.05, 0) is 42.3 Å². The van der Waals surface area contributed by atoms with Crippen molar-refractivity contribution >= 4 is 5.78 Å². The number of methoxy groups -OCH3 is 1. The van der Waals surface area contributed by atoms with E-state index in [1.54, 1.807) is 13.2 Å². The number of hydrogen-bond acceptors (Lipinski definition) is 5. The Morgan fingerprint density at radius 3 is 2.76 bits per heavy atom. The van der Waals surface area contributed by atoms with Crippen LogP contribution in [-0.2, 0) is 13.0 Å². The standard InChI is InChI=1S/C20H23NO4/c1-24-18-5-2-15(3-6-18)8-9-21-10-11-25-20-7-4-16(19(23)14-22)12-17(20)13-21/h2-7,12,22H,8-11,13-14H2,1H3. The first-order chi connectivity index (χ1) is 12.2. The average molecular weight is 341 g/mol. The Balaban J connectivity index is 1.66. The summed E-state index contributed by atoms with van der Waals surface area (Å²) in [5, 5.41) is 9.05. The van der Waals surface area contributed by atoms with E-state index < -0.39 is 6.61 Å². The van der Waals surface area contributed by atoms with Crippen molar-refractivity contribution in [3.8, 4) is 11.5 Å². The lowest BCUT2D eigenvalue weighted by molar-refractivity contribution is 0.0903. The summed E-state index contributed by atoms with van der Waals surface area (Å²) < 4.78 is 11.0. The van der Waals surface area contributed by atoms with E-state index in [0.29, 0.717) is 12.2 Å². The summed E-state index contributed by atoms with van der Waals surface area (Å²) >= 11 is 0. The van der Waals surface area contributed by atoms with Gasteiger partial charge in [0.15, 0.2) is 5.78 Å². The number of hydrogen-bond donors (Lipinski definition) is 1. The molecule has 2 aromatic rings. The van der Waals surface area contributed by atoms with Crippen molar-refractivity contribution in [2.75, 3.05) is 33.4 Å². The van der Waals surface area contributed by atoms with Crippen LogP contribution in [0.1, 0.15) is 21.5 Å². The fourth-order valence-electron chi connectivity index (χ4n) is 2.98. The SMILES string of the molecule is COc1ccc(CCN2CCOc3ccc(C(=O)CO)cc3C2)cc1. The second-order valence-corrected chi connectivity index (χ2v) is 6.13. The molecule has 1 aliphatic rings. The number of carbonyl (C=O) groups is 1. The molecule has 0 aliphatic carbocycles. The number of aliphatic hydroxyl groups is 1. The number of nitrogens with zero attached hydrogens (tertiary/aromatic N) is 1. The molecule has 0 unspecified atom stereocenters. The summed E-state index contributed by atoms with van der Waals surface area (Å²) in [6.45, 7) is 2.64. The third-order valence-electron chi connectivity index (χ3n) is 4.46. The van der Waals surface area contributed by atoms with Gasteiger partial charge in [0.05, 0.1) is 7.11 Å². The van der Waals surface area contributed by atoms with E-state index in [-0.39, 0.29) is 5.78 Å². The van der Waals surface area contributed by atoms with Crippen molar-refractivity contribution < 1.29 is 19.4 Å². The molecule has 132 valence electrons. The molecule has 2 aromatic carbocycles. The van der Waals surface area contributed by atoms with E-state index in [0.717, 1.165) is 43.1 Å². The Morgan fingerprint density at radius 1 is 1.24 bits per heavy atom. The van der Waals surface area contributed by atoms with Crippen molar-refractivity contribution in [2.24, 2.45) is 0 Å². The van der Waals surface area contributed by atoms with Gasteiger partial charge in [0.25, 0.3) is 0 Å². The number of aliphatic hydroxyl groups excluding tert-OH is 1. The molecule has 0 fully saturated rings. The number of ketones is 1. The molecular formula is C20H23NO4. The Labute approximate surface area is 147 Å². The van der Waals surface area contributed by atoms with Crippen molar-refractivity contribution in [1.82, 2.24) is 4.90 Å². The van der Waals surface area contributed by atoms with E-state index in [4.69, 9.17) is 14.6 Å². The molecule has 0 radical (unpaired) electrons. The van der Waals surface area contributed by atoms with Gasteiger partial charge in [-0.15, -0.1) is 0 Å². The molecule has 0 saturated heterocycles. The second kappa shape index (κ2) is 8.14. The minimum Gasteiger partial charge on any atom is -0.497 e. The van der Waals surface area contributed by atoms with Crippen molar-refractivity contribution in [3.05, 3.63) is 59.2 Å². The topological polar surface area (TPSA) is 59.0 Å². The molecule has 0 atom stereocenters. The fraction of sp³-hybridized carbons (Fsp3) is 0.350. The molecule has 0 amide bonds. The summed E-state index contributed by atoms with van der Waals surface area (Å²) in [5.74, 6) is 1.42. The maximum Gasteiger partial charge on any atom is 0.188 e. The number of Topliss-reactive ketones (excluding diaryl/α,β-unsaturated/α-hetero) is 1. The maximum atomic E-state index is 11.7. The molecule has 1 aliphatic heterocycles. The van der Waals surface area contributed by atoms with Gasteiger partial charge in [-0.3, -0.25) is 9.69 Å². The Bertz CT molecular complexity index is 727. The predicted octanol–water partition coefficient (Wildman–Crippen LogP) is 2.31. The van der Waals surface area contributed by atoms with E-state index >= 15 is 0 Å². The van der Waals surface area contributed by atoms with Crippen molar-refractivity contribution in [2.45, 2.75) is 13.0 Å². The summed E-state index contributed by atoms with van der Waals surface area (Å²) in [6.07, 6.45) is 0.939. The summed E-state index contributed by atoms with van der Waals surface area (Å²) in [5.41, 5.74) is 2.78. The van der Waals surface area contributed by atoms with Gasteiger partial charge in [0.1, 0.15) is 24.7 Å². The lowest BCUT2D eigenvalue weighted by atomic mass is 10.1. The van der Waals surface area contributed by atoms with Crippen LogP contribution in [0.25, 0.3) is 0 Å². The van der Waals surface area contributed by atoms with Gasteiger partial charge < -0.3 is 14.6 Å². The molecule has 1 N–H and O–H groups in total. The monoisotopic (exact) mass is 341 g/mol. The highest BCUT2D eigenvalue weighted by Crippen LogP contribution is 2.25. The molecule has 25 heavy (non-hydrogen) atoms. The van der Waals surface area contributed by atoms with E-state index in [1.807, 2.05) is 24.3 Å². The van der Waals surface area contributed by atoms with Crippen LogP contribution in [0.4, 0.5) is 0 Å². The van der Waals surface area contributed by atoms with Crippen LogP contribution in [0.2, 0.25) is 0 Å². The van der Waals surface area contributed by atoms with Gasteiger partial charge in [-0.1, -0.05) is 12.1 Å². The van der Waals surface area contributed by atoms with Gasteiger partial charge in [-0.25, -0.2) is 0 Å². The first kappa shape index (κ1) is 17.5. The minimum absolute atomic E-state index is 0.267. The van der Waals surface area contributed by atoms with Gasteiger partial charge in [0, 0.05) is 30.8 Å². The quantitative estimate of drug-likeness (QED) is 0.817. The van der Waals surface area contributed by atoms with Gasteiger partial charge in [0.2, 0.25) is 0 Å². The zero-order valence-electron chi connectivity index (χ0n) is 14.4. The second-order valence-electron chi connectivity index (χ2n) is 6.13. The Hall–Kier alpha value is -2.37. The molecule has 3 rings (SSSR count). The highest BCUT2D eigenvalue weighted by atomic mass is 16.5. The van der Waals surface area contributed by atoms with Crippen LogP contribution in [0, 0.1) is 0 Å². The third-order valence-corrected chi connectivity index (χ3v) is 4.46. The van der Waals surface area contributed by atoms with E-state index in [1.165, 1.54) is 5.56 Å². The number of benzene rings is 2. The van der Waals surface area contributed by atoms with E-state index in [2.05, 4.69) is 17.0 Å². The maximum absolute atomic E-state index is 11.7. The van der Waals surface area contributed by atoms with Gasteiger partial charge in [-0.2, -0.15) is 0 Å².